The summed E-state index contributed by atoms with van der Waals surface area (Å²) in [6, 6.07) is 9.94. The molecule has 2 aliphatic carbocycles. The molecule has 2 aromatic carbocycles. The van der Waals surface area contributed by atoms with Crippen LogP contribution in [0.3, 0.4) is 0 Å². The highest BCUT2D eigenvalue weighted by Crippen LogP contribution is 2.58. The van der Waals surface area contributed by atoms with Crippen molar-refractivity contribution in [3.8, 4) is 17.1 Å². The molecule has 3 aromatic rings. The van der Waals surface area contributed by atoms with Crippen LogP contribution in [0.15, 0.2) is 42.7 Å². The van der Waals surface area contributed by atoms with Gasteiger partial charge >= 0.3 is 6.01 Å². The highest BCUT2D eigenvalue weighted by Gasteiger charge is 2.47. The number of aromatic nitrogens is 2. The fourth-order valence-electron chi connectivity index (χ4n) is 8.15. The van der Waals surface area contributed by atoms with Gasteiger partial charge in [-0.1, -0.05) is 24.8 Å². The molecule has 0 radical (unpaired) electrons. The number of fused-ring (bicyclic) bond motifs is 5. The standard InChI is InChI=1S/C33H35F2N5O2/c1-20(34)31(41)39-13-11-38(12-14-39)30-26-17-27(35)25(23-6-2-5-21-15-22-16-24(22)29(21)23)18-28(26)36-32(37-30)42-19-33-7-3-9-40(33)10-4-8-33/h2,5-6,17-18,22,24H,1,3-4,7-16,19H2. The normalized spacial score (nSPS) is 24.0. The number of halogens is 2. The summed E-state index contributed by atoms with van der Waals surface area (Å²) in [5.74, 6) is -0.133. The lowest BCUT2D eigenvalue weighted by molar-refractivity contribution is -0.128. The van der Waals surface area contributed by atoms with Crippen LogP contribution in [-0.4, -0.2) is 77.1 Å². The maximum atomic E-state index is 16.0. The number of benzene rings is 2. The third kappa shape index (κ3) is 4.19. The van der Waals surface area contributed by atoms with E-state index >= 15 is 4.39 Å². The predicted octanol–water partition coefficient (Wildman–Crippen LogP) is 5.23. The Labute approximate surface area is 244 Å². The molecule has 1 saturated carbocycles. The van der Waals surface area contributed by atoms with Gasteiger partial charge in [0.05, 0.1) is 11.1 Å². The molecule has 9 heteroatoms. The summed E-state index contributed by atoms with van der Waals surface area (Å²) in [4.78, 5) is 27.9. The highest BCUT2D eigenvalue weighted by molar-refractivity contribution is 5.94. The number of ether oxygens (including phenoxy) is 1. The Kier molecular flexibility index (Phi) is 6.04. The first-order chi connectivity index (χ1) is 20.4. The van der Waals surface area contributed by atoms with Crippen LogP contribution in [0.4, 0.5) is 14.6 Å². The van der Waals surface area contributed by atoms with Crippen molar-refractivity contribution in [2.75, 3.05) is 50.8 Å². The predicted molar refractivity (Wildman–Crippen MR) is 157 cm³/mol. The van der Waals surface area contributed by atoms with E-state index in [0.717, 1.165) is 37.9 Å². The Morgan fingerprint density at radius 2 is 1.83 bits per heavy atom. The van der Waals surface area contributed by atoms with Gasteiger partial charge in [0.25, 0.3) is 5.91 Å². The minimum absolute atomic E-state index is 0.0403. The monoisotopic (exact) mass is 571 g/mol. The topological polar surface area (TPSA) is 61.8 Å². The summed E-state index contributed by atoms with van der Waals surface area (Å²) < 4.78 is 35.9. The number of anilines is 1. The zero-order chi connectivity index (χ0) is 28.6. The van der Waals surface area contributed by atoms with Gasteiger partial charge in [-0.3, -0.25) is 9.69 Å². The van der Waals surface area contributed by atoms with Crippen LogP contribution in [-0.2, 0) is 11.2 Å². The minimum atomic E-state index is -0.960. The maximum Gasteiger partial charge on any atom is 0.319 e. The lowest BCUT2D eigenvalue weighted by atomic mass is 9.93. The number of hydrogen-bond donors (Lipinski definition) is 0. The van der Waals surface area contributed by atoms with Gasteiger partial charge in [-0.15, -0.1) is 0 Å². The zero-order valence-corrected chi connectivity index (χ0v) is 23.7. The zero-order valence-electron chi connectivity index (χ0n) is 23.7. The molecule has 4 fully saturated rings. The smallest absolute Gasteiger partial charge is 0.319 e. The molecule has 1 aromatic heterocycles. The SMILES string of the molecule is C=C(F)C(=O)N1CCN(c2nc(OCC34CCCN3CCC4)nc3cc(-c4cccc5c4C4CC4C5)c(F)cc23)CC1. The summed E-state index contributed by atoms with van der Waals surface area (Å²) >= 11 is 0. The molecule has 7 nitrogen and oxygen atoms in total. The van der Waals surface area contributed by atoms with Gasteiger partial charge in [-0.2, -0.15) is 9.97 Å². The molecular formula is C33H35F2N5O2. The van der Waals surface area contributed by atoms with Crippen molar-refractivity contribution in [1.82, 2.24) is 19.8 Å². The fraction of sp³-hybridized carbons (Fsp3) is 0.485. The second-order valence-corrected chi connectivity index (χ2v) is 12.8. The second kappa shape index (κ2) is 9.73. The fourth-order valence-corrected chi connectivity index (χ4v) is 8.15. The van der Waals surface area contributed by atoms with Gasteiger partial charge < -0.3 is 14.5 Å². The van der Waals surface area contributed by atoms with E-state index in [1.54, 1.807) is 6.07 Å². The number of carbonyl (C=O) groups excluding carboxylic acids is 1. The molecule has 1 amide bonds. The third-order valence-corrected chi connectivity index (χ3v) is 10.4. The molecule has 3 aliphatic heterocycles. The highest BCUT2D eigenvalue weighted by atomic mass is 19.1. The van der Waals surface area contributed by atoms with Crippen LogP contribution >= 0.6 is 0 Å². The molecule has 0 N–H and O–H groups in total. The van der Waals surface area contributed by atoms with E-state index in [0.29, 0.717) is 72.9 Å². The minimum Gasteiger partial charge on any atom is -0.461 e. The van der Waals surface area contributed by atoms with E-state index in [2.05, 4.69) is 17.5 Å². The van der Waals surface area contributed by atoms with Gasteiger partial charge in [0.2, 0.25) is 0 Å². The van der Waals surface area contributed by atoms with E-state index in [1.807, 2.05) is 23.1 Å². The summed E-state index contributed by atoms with van der Waals surface area (Å²) in [6.07, 6.45) is 6.84. The van der Waals surface area contributed by atoms with Crippen molar-refractivity contribution in [3.05, 3.63) is 59.7 Å². The molecule has 3 saturated heterocycles. The number of carbonyl (C=O) groups is 1. The Balaban J connectivity index is 1.17. The molecule has 0 spiro atoms. The molecule has 5 aliphatic rings. The Hall–Kier alpha value is -3.59. The van der Waals surface area contributed by atoms with E-state index in [-0.39, 0.29) is 11.4 Å². The number of piperazine rings is 1. The second-order valence-electron chi connectivity index (χ2n) is 12.8. The van der Waals surface area contributed by atoms with Crippen molar-refractivity contribution in [2.24, 2.45) is 5.92 Å². The molecule has 218 valence electrons. The van der Waals surface area contributed by atoms with E-state index in [1.165, 1.54) is 35.3 Å². The number of rotatable bonds is 6. The van der Waals surface area contributed by atoms with Gasteiger partial charge in [0.15, 0.2) is 5.83 Å². The average Bonchev–Trinajstić information content (AvgIpc) is 3.28. The van der Waals surface area contributed by atoms with E-state index in [9.17, 15) is 9.18 Å². The van der Waals surface area contributed by atoms with E-state index in [4.69, 9.17) is 14.7 Å². The van der Waals surface area contributed by atoms with Crippen molar-refractivity contribution >= 4 is 22.6 Å². The molecule has 2 unspecified atom stereocenters. The molecule has 4 heterocycles. The van der Waals surface area contributed by atoms with E-state index < -0.39 is 11.7 Å². The Morgan fingerprint density at radius 3 is 2.60 bits per heavy atom. The van der Waals surface area contributed by atoms with Gasteiger partial charge in [-0.05, 0) is 92.3 Å². The van der Waals surface area contributed by atoms with Gasteiger partial charge in [-0.25, -0.2) is 8.78 Å². The summed E-state index contributed by atoms with van der Waals surface area (Å²) in [7, 11) is 0. The van der Waals surface area contributed by atoms with Crippen molar-refractivity contribution in [3.63, 3.8) is 0 Å². The first-order valence-electron chi connectivity index (χ1n) is 15.3. The molecule has 42 heavy (non-hydrogen) atoms. The Morgan fingerprint density at radius 1 is 1.05 bits per heavy atom. The Bertz CT molecular complexity index is 1610. The summed E-state index contributed by atoms with van der Waals surface area (Å²) in [5, 5.41) is 0.608. The van der Waals surface area contributed by atoms with Crippen LogP contribution < -0.4 is 9.64 Å². The number of amides is 1. The summed E-state index contributed by atoms with van der Waals surface area (Å²) in [6.45, 7) is 7.40. The number of hydrogen-bond acceptors (Lipinski definition) is 6. The van der Waals surface area contributed by atoms with Crippen LogP contribution in [0.5, 0.6) is 6.01 Å². The summed E-state index contributed by atoms with van der Waals surface area (Å²) in [5.41, 5.74) is 4.83. The lowest BCUT2D eigenvalue weighted by Gasteiger charge is -2.35. The maximum absolute atomic E-state index is 16.0. The quantitative estimate of drug-likeness (QED) is 0.378. The lowest BCUT2D eigenvalue weighted by Crippen LogP contribution is -2.49. The number of nitrogens with zero attached hydrogens (tertiary/aromatic N) is 5. The van der Waals surface area contributed by atoms with Crippen LogP contribution in [0.25, 0.3) is 22.0 Å². The molecule has 8 rings (SSSR count). The third-order valence-electron chi connectivity index (χ3n) is 10.4. The first-order valence-corrected chi connectivity index (χ1v) is 15.3. The van der Waals surface area contributed by atoms with Crippen LogP contribution in [0.1, 0.15) is 49.1 Å². The van der Waals surface area contributed by atoms with Crippen molar-refractivity contribution < 1.29 is 18.3 Å². The molecule has 0 bridgehead atoms. The average molecular weight is 572 g/mol. The first kappa shape index (κ1) is 26.1. The van der Waals surface area contributed by atoms with Crippen LogP contribution in [0, 0.1) is 11.7 Å². The van der Waals surface area contributed by atoms with Crippen LogP contribution in [0.2, 0.25) is 0 Å². The largest absolute Gasteiger partial charge is 0.461 e. The molecular weight excluding hydrogens is 536 g/mol. The van der Waals surface area contributed by atoms with Gasteiger partial charge in [0, 0.05) is 37.1 Å². The van der Waals surface area contributed by atoms with Crippen molar-refractivity contribution in [2.45, 2.75) is 50.0 Å². The van der Waals surface area contributed by atoms with Gasteiger partial charge in [0.1, 0.15) is 18.2 Å². The van der Waals surface area contributed by atoms with Crippen molar-refractivity contribution in [1.29, 1.82) is 0 Å². The molecule has 2 atom stereocenters.